The molecule has 18 heavy (non-hydrogen) atoms. The number of nitrogens with one attached hydrogen (secondary N) is 1. The normalized spacial score (nSPS) is 22.4. The van der Waals surface area contributed by atoms with E-state index in [1.165, 1.54) is 25.9 Å². The minimum absolute atomic E-state index is 0.108. The summed E-state index contributed by atoms with van der Waals surface area (Å²) in [5.74, 6) is 0.912. The minimum Gasteiger partial charge on any atom is -0.489 e. The molecule has 2 heterocycles. The van der Waals surface area contributed by atoms with Gasteiger partial charge in [0.25, 0.3) is 0 Å². The molecule has 1 aliphatic carbocycles. The van der Waals surface area contributed by atoms with Gasteiger partial charge in [0.2, 0.25) is 0 Å². The Bertz CT molecular complexity index is 421. The molecule has 0 unspecified atom stereocenters. The van der Waals surface area contributed by atoms with Crippen LogP contribution in [0.15, 0.2) is 18.3 Å². The Kier molecular flexibility index (Phi) is 2.63. The number of ether oxygens (including phenoxy) is 1. The first kappa shape index (κ1) is 12.0. The van der Waals surface area contributed by atoms with Gasteiger partial charge in [-0.05, 0) is 25.0 Å². The predicted molar refractivity (Wildman–Crippen MR) is 71.9 cm³/mol. The molecule has 0 bridgehead atoms. The molecule has 98 valence electrons. The van der Waals surface area contributed by atoms with Crippen LogP contribution in [0.5, 0.6) is 5.75 Å². The van der Waals surface area contributed by atoms with Crippen molar-refractivity contribution < 1.29 is 4.74 Å². The average molecular weight is 246 g/mol. The van der Waals surface area contributed by atoms with Gasteiger partial charge in [-0.2, -0.15) is 0 Å². The van der Waals surface area contributed by atoms with E-state index in [2.05, 4.69) is 43.2 Å². The molecular weight excluding hydrogens is 224 g/mol. The van der Waals surface area contributed by atoms with E-state index in [0.29, 0.717) is 11.5 Å². The van der Waals surface area contributed by atoms with Crippen LogP contribution in [0.25, 0.3) is 0 Å². The first-order chi connectivity index (χ1) is 8.47. The summed E-state index contributed by atoms with van der Waals surface area (Å²) in [6, 6.07) is 4.13. The zero-order chi connectivity index (χ0) is 12.8. The maximum Gasteiger partial charge on any atom is 0.138 e. The lowest BCUT2D eigenvalue weighted by Crippen LogP contribution is -2.62. The highest BCUT2D eigenvalue weighted by atomic mass is 16.5. The van der Waals surface area contributed by atoms with Gasteiger partial charge in [0, 0.05) is 29.6 Å². The van der Waals surface area contributed by atoms with Gasteiger partial charge < -0.3 is 10.1 Å². The molecule has 1 aromatic heterocycles. The summed E-state index contributed by atoms with van der Waals surface area (Å²) in [6.45, 7) is 8.88. The second-order valence-corrected chi connectivity index (χ2v) is 6.88. The van der Waals surface area contributed by atoms with Crippen LogP contribution in [0.2, 0.25) is 0 Å². The van der Waals surface area contributed by atoms with Crippen molar-refractivity contribution >= 4 is 0 Å². The smallest absolute Gasteiger partial charge is 0.138 e. The van der Waals surface area contributed by atoms with Gasteiger partial charge in [-0.15, -0.1) is 0 Å². The Morgan fingerprint density at radius 1 is 1.28 bits per heavy atom. The molecule has 1 spiro atoms. The maximum absolute atomic E-state index is 5.96. The number of rotatable bonds is 2. The van der Waals surface area contributed by atoms with Crippen molar-refractivity contribution in [1.29, 1.82) is 0 Å². The van der Waals surface area contributed by atoms with Crippen molar-refractivity contribution in [3.8, 4) is 5.75 Å². The van der Waals surface area contributed by atoms with E-state index < -0.39 is 0 Å². The molecule has 0 atom stereocenters. The van der Waals surface area contributed by atoms with Gasteiger partial charge in [0.05, 0.1) is 6.20 Å². The Morgan fingerprint density at radius 2 is 2.00 bits per heavy atom. The van der Waals surface area contributed by atoms with Crippen LogP contribution in [-0.2, 0) is 5.41 Å². The van der Waals surface area contributed by atoms with Gasteiger partial charge in [-0.25, -0.2) is 0 Å². The van der Waals surface area contributed by atoms with E-state index in [-0.39, 0.29) is 5.41 Å². The van der Waals surface area contributed by atoms with E-state index in [4.69, 9.17) is 4.74 Å². The Morgan fingerprint density at radius 3 is 2.44 bits per heavy atom. The highest BCUT2D eigenvalue weighted by Gasteiger charge is 2.49. The predicted octanol–water partition coefficient (Wildman–Crippen LogP) is 2.51. The number of hydrogen-bond donors (Lipinski definition) is 1. The fourth-order valence-electron chi connectivity index (χ4n) is 2.84. The van der Waals surface area contributed by atoms with Crippen molar-refractivity contribution in [2.24, 2.45) is 5.41 Å². The van der Waals surface area contributed by atoms with Crippen molar-refractivity contribution in [3.05, 3.63) is 24.0 Å². The molecule has 3 heteroatoms. The van der Waals surface area contributed by atoms with Gasteiger partial charge >= 0.3 is 0 Å². The molecule has 0 aromatic carbocycles. The summed E-state index contributed by atoms with van der Waals surface area (Å²) in [4.78, 5) is 4.49. The van der Waals surface area contributed by atoms with Crippen LogP contribution < -0.4 is 10.1 Å². The molecular formula is C15H22N2O. The van der Waals surface area contributed by atoms with E-state index in [1.807, 2.05) is 6.20 Å². The van der Waals surface area contributed by atoms with Crippen LogP contribution in [0.3, 0.4) is 0 Å². The van der Waals surface area contributed by atoms with Gasteiger partial charge in [-0.1, -0.05) is 20.8 Å². The van der Waals surface area contributed by atoms with E-state index in [9.17, 15) is 0 Å². The zero-order valence-corrected chi connectivity index (χ0v) is 11.5. The second kappa shape index (κ2) is 3.95. The number of hydrogen-bond acceptors (Lipinski definition) is 3. The van der Waals surface area contributed by atoms with Gasteiger partial charge in [0.15, 0.2) is 0 Å². The summed E-state index contributed by atoms with van der Waals surface area (Å²) in [5.41, 5.74) is 1.79. The van der Waals surface area contributed by atoms with Crippen LogP contribution in [-0.4, -0.2) is 24.2 Å². The molecule has 3 rings (SSSR count). The van der Waals surface area contributed by atoms with Crippen molar-refractivity contribution in [3.63, 3.8) is 0 Å². The number of aromatic nitrogens is 1. The molecule has 0 radical (unpaired) electrons. The monoisotopic (exact) mass is 246 g/mol. The molecule has 0 amide bonds. The Balaban J connectivity index is 1.57. The van der Waals surface area contributed by atoms with Crippen molar-refractivity contribution in [2.45, 2.75) is 45.1 Å². The SMILES string of the molecule is CC(C)(C)c1ccc(OC2CC3(CNC3)C2)cn1. The third kappa shape index (κ3) is 2.12. The standard InChI is InChI=1S/C15H22N2O/c1-14(2,3)13-5-4-11(8-17-13)18-12-6-15(7-12)9-16-10-15/h4-5,8,12,16H,6-7,9-10H2,1-3H3. The average Bonchev–Trinajstić information content (AvgIpc) is 2.19. The summed E-state index contributed by atoms with van der Waals surface area (Å²) < 4.78 is 5.96. The molecule has 1 saturated heterocycles. The van der Waals surface area contributed by atoms with Crippen LogP contribution in [0.1, 0.15) is 39.3 Å². The Labute approximate surface area is 109 Å². The van der Waals surface area contributed by atoms with Gasteiger partial charge in [0.1, 0.15) is 11.9 Å². The lowest BCUT2D eigenvalue weighted by molar-refractivity contribution is -0.0496. The topological polar surface area (TPSA) is 34.1 Å². The second-order valence-electron chi connectivity index (χ2n) is 6.88. The first-order valence-electron chi connectivity index (χ1n) is 6.81. The number of pyridine rings is 1. The summed E-state index contributed by atoms with van der Waals surface area (Å²) in [5, 5.41) is 3.34. The minimum atomic E-state index is 0.108. The Hall–Kier alpha value is -1.09. The lowest BCUT2D eigenvalue weighted by Gasteiger charge is -2.53. The van der Waals surface area contributed by atoms with Crippen LogP contribution in [0, 0.1) is 5.41 Å². The largest absolute Gasteiger partial charge is 0.489 e. The first-order valence-corrected chi connectivity index (χ1v) is 6.81. The highest BCUT2D eigenvalue weighted by Crippen LogP contribution is 2.45. The van der Waals surface area contributed by atoms with Crippen molar-refractivity contribution in [2.75, 3.05) is 13.1 Å². The van der Waals surface area contributed by atoms with E-state index in [0.717, 1.165) is 11.4 Å². The summed E-state index contributed by atoms with van der Waals surface area (Å²) in [6.07, 6.45) is 4.65. The molecule has 1 saturated carbocycles. The molecule has 2 aliphatic rings. The van der Waals surface area contributed by atoms with Crippen LogP contribution >= 0.6 is 0 Å². The lowest BCUT2D eigenvalue weighted by atomic mass is 9.63. The quantitative estimate of drug-likeness (QED) is 0.870. The molecule has 3 nitrogen and oxygen atoms in total. The zero-order valence-electron chi connectivity index (χ0n) is 11.5. The highest BCUT2D eigenvalue weighted by molar-refractivity contribution is 5.24. The molecule has 1 aromatic rings. The maximum atomic E-state index is 5.96. The van der Waals surface area contributed by atoms with E-state index in [1.54, 1.807) is 0 Å². The van der Waals surface area contributed by atoms with Crippen molar-refractivity contribution in [1.82, 2.24) is 10.3 Å². The van der Waals surface area contributed by atoms with E-state index >= 15 is 0 Å². The fraction of sp³-hybridized carbons (Fsp3) is 0.667. The number of nitrogens with zero attached hydrogens (tertiary/aromatic N) is 1. The van der Waals surface area contributed by atoms with Crippen LogP contribution in [0.4, 0.5) is 0 Å². The summed E-state index contributed by atoms with van der Waals surface area (Å²) in [7, 11) is 0. The van der Waals surface area contributed by atoms with Gasteiger partial charge in [-0.3, -0.25) is 4.98 Å². The third-order valence-electron chi connectivity index (χ3n) is 4.13. The summed E-state index contributed by atoms with van der Waals surface area (Å²) >= 11 is 0. The molecule has 1 N–H and O–H groups in total. The fourth-order valence-corrected chi connectivity index (χ4v) is 2.84. The molecule has 1 aliphatic heterocycles. The third-order valence-corrected chi connectivity index (χ3v) is 4.13. The molecule has 2 fully saturated rings.